The molecule has 0 saturated carbocycles. The molecule has 0 aliphatic carbocycles. The minimum absolute atomic E-state index is 0.0832. The maximum Gasteiger partial charge on any atom is 0.254 e. The van der Waals surface area contributed by atoms with Crippen molar-refractivity contribution >= 4 is 5.91 Å². The van der Waals surface area contributed by atoms with E-state index >= 15 is 0 Å². The summed E-state index contributed by atoms with van der Waals surface area (Å²) in [4.78, 5) is 12.3. The molecule has 0 radical (unpaired) electrons. The van der Waals surface area contributed by atoms with Gasteiger partial charge < -0.3 is 5.32 Å². The van der Waals surface area contributed by atoms with Crippen molar-refractivity contribution in [3.63, 3.8) is 0 Å². The van der Waals surface area contributed by atoms with Crippen LogP contribution in [0.4, 0.5) is 8.78 Å². The van der Waals surface area contributed by atoms with E-state index in [9.17, 15) is 13.6 Å². The summed E-state index contributed by atoms with van der Waals surface area (Å²) in [6.07, 6.45) is 0. The number of hydrogen-bond acceptors (Lipinski definition) is 1. The Kier molecular flexibility index (Phi) is 5.88. The van der Waals surface area contributed by atoms with Gasteiger partial charge >= 0.3 is 0 Å². The number of carbonyl (C=O) groups is 1. The van der Waals surface area contributed by atoms with Gasteiger partial charge in [0, 0.05) is 6.54 Å². The zero-order valence-corrected chi connectivity index (χ0v) is 16.3. The van der Waals surface area contributed by atoms with Crippen LogP contribution in [-0.2, 0) is 13.2 Å². The van der Waals surface area contributed by atoms with Gasteiger partial charge in [0.25, 0.3) is 5.91 Å². The molecule has 4 heteroatoms. The Morgan fingerprint density at radius 1 is 0.857 bits per heavy atom. The molecule has 2 nitrogen and oxygen atoms in total. The number of nitrogens with one attached hydrogen (secondary N) is 1. The smallest absolute Gasteiger partial charge is 0.254 e. The number of benzene rings is 3. The van der Waals surface area contributed by atoms with Gasteiger partial charge in [-0.15, -0.1) is 0 Å². The van der Waals surface area contributed by atoms with Gasteiger partial charge in [-0.25, -0.2) is 8.78 Å². The van der Waals surface area contributed by atoms with Gasteiger partial charge in [0.05, 0.1) is 5.56 Å². The topological polar surface area (TPSA) is 29.1 Å². The molecule has 0 unspecified atom stereocenters. The molecular weight excluding hydrogens is 356 g/mol. The van der Waals surface area contributed by atoms with Crippen LogP contribution in [0.5, 0.6) is 0 Å². The van der Waals surface area contributed by atoms with Crippen LogP contribution in [0.25, 0.3) is 11.1 Å². The molecule has 0 fully saturated rings. The molecule has 0 aromatic heterocycles. The number of halogens is 2. The van der Waals surface area contributed by atoms with E-state index in [0.29, 0.717) is 0 Å². The molecule has 1 amide bonds. The molecule has 0 bridgehead atoms. The lowest BCUT2D eigenvalue weighted by molar-refractivity contribution is 0.0947. The van der Waals surface area contributed by atoms with Gasteiger partial charge in [0.1, 0.15) is 12.5 Å². The summed E-state index contributed by atoms with van der Waals surface area (Å²) in [5, 5.41) is 2.76. The standard InChI is InChI=1S/C24H23F2NO/c1-15-4-7-19(10-17(15)3)20-8-5-16(2)21(12-20)14-27-24(28)22-9-6-18(13-25)11-23(22)26/h4-12H,13-14H2,1-3H3,(H,27,28). The van der Waals surface area contributed by atoms with Crippen molar-refractivity contribution in [2.24, 2.45) is 0 Å². The fourth-order valence-corrected chi connectivity index (χ4v) is 3.06. The monoisotopic (exact) mass is 379 g/mol. The normalized spacial score (nSPS) is 10.8. The highest BCUT2D eigenvalue weighted by molar-refractivity contribution is 5.94. The lowest BCUT2D eigenvalue weighted by Crippen LogP contribution is -2.24. The first-order valence-electron chi connectivity index (χ1n) is 9.19. The van der Waals surface area contributed by atoms with Crippen LogP contribution in [0.15, 0.2) is 54.6 Å². The molecular formula is C24H23F2NO. The summed E-state index contributed by atoms with van der Waals surface area (Å²) in [5.41, 5.74) is 6.78. The Balaban J connectivity index is 1.79. The van der Waals surface area contributed by atoms with Crippen LogP contribution in [0.3, 0.4) is 0 Å². The van der Waals surface area contributed by atoms with Crippen molar-refractivity contribution in [1.29, 1.82) is 0 Å². The molecule has 3 aromatic carbocycles. The summed E-state index contributed by atoms with van der Waals surface area (Å²) < 4.78 is 26.6. The SMILES string of the molecule is Cc1ccc(-c2ccc(C)c(CNC(=O)c3ccc(CF)cc3F)c2)cc1C. The van der Waals surface area contributed by atoms with Crippen molar-refractivity contribution in [3.05, 3.63) is 93.8 Å². The zero-order valence-electron chi connectivity index (χ0n) is 16.3. The number of hydrogen-bond donors (Lipinski definition) is 1. The summed E-state index contributed by atoms with van der Waals surface area (Å²) in [6.45, 7) is 5.66. The van der Waals surface area contributed by atoms with Crippen molar-refractivity contribution in [2.45, 2.75) is 34.0 Å². The Labute approximate surface area is 164 Å². The largest absolute Gasteiger partial charge is 0.348 e. The highest BCUT2D eigenvalue weighted by atomic mass is 19.1. The van der Waals surface area contributed by atoms with E-state index in [1.165, 1.54) is 23.3 Å². The van der Waals surface area contributed by atoms with Crippen molar-refractivity contribution in [1.82, 2.24) is 5.32 Å². The fourth-order valence-electron chi connectivity index (χ4n) is 3.06. The fraction of sp³-hybridized carbons (Fsp3) is 0.208. The molecule has 1 N–H and O–H groups in total. The first-order chi connectivity index (χ1) is 13.4. The molecule has 3 aromatic rings. The lowest BCUT2D eigenvalue weighted by Gasteiger charge is -2.12. The van der Waals surface area contributed by atoms with Crippen LogP contribution >= 0.6 is 0 Å². The first kappa shape index (κ1) is 19.7. The molecule has 0 atom stereocenters. The van der Waals surface area contributed by atoms with Gasteiger partial charge in [-0.3, -0.25) is 4.79 Å². The van der Waals surface area contributed by atoms with E-state index < -0.39 is 18.4 Å². The first-order valence-corrected chi connectivity index (χ1v) is 9.19. The van der Waals surface area contributed by atoms with Gasteiger partial charge in [-0.2, -0.15) is 0 Å². The molecule has 28 heavy (non-hydrogen) atoms. The van der Waals surface area contributed by atoms with Gasteiger partial charge in [-0.1, -0.05) is 36.4 Å². The van der Waals surface area contributed by atoms with Crippen LogP contribution in [0.1, 0.15) is 38.2 Å². The average Bonchev–Trinajstić information content (AvgIpc) is 2.69. The Bertz CT molecular complexity index is 1030. The van der Waals surface area contributed by atoms with Gasteiger partial charge in [0.15, 0.2) is 0 Å². The summed E-state index contributed by atoms with van der Waals surface area (Å²) in [6, 6.07) is 16.2. The molecule has 0 saturated heterocycles. The summed E-state index contributed by atoms with van der Waals surface area (Å²) in [5.74, 6) is -1.23. The highest BCUT2D eigenvalue weighted by Crippen LogP contribution is 2.25. The van der Waals surface area contributed by atoms with Crippen LogP contribution in [-0.4, -0.2) is 5.91 Å². The Hall–Kier alpha value is -3.01. The third-order valence-electron chi connectivity index (χ3n) is 5.06. The van der Waals surface area contributed by atoms with Crippen molar-refractivity contribution in [2.75, 3.05) is 0 Å². The number of carbonyl (C=O) groups excluding carboxylic acids is 1. The van der Waals surface area contributed by atoms with E-state index in [-0.39, 0.29) is 17.7 Å². The van der Waals surface area contributed by atoms with Crippen LogP contribution < -0.4 is 5.32 Å². The molecule has 0 heterocycles. The second kappa shape index (κ2) is 8.34. The molecule has 0 aliphatic rings. The Morgan fingerprint density at radius 3 is 2.18 bits per heavy atom. The summed E-state index contributed by atoms with van der Waals surface area (Å²) in [7, 11) is 0. The molecule has 0 spiro atoms. The number of aryl methyl sites for hydroxylation is 3. The minimum Gasteiger partial charge on any atom is -0.348 e. The third-order valence-corrected chi connectivity index (χ3v) is 5.06. The van der Waals surface area contributed by atoms with E-state index in [1.807, 2.05) is 19.1 Å². The Morgan fingerprint density at radius 2 is 1.54 bits per heavy atom. The van der Waals surface area contributed by atoms with Crippen molar-refractivity contribution < 1.29 is 13.6 Å². The van der Waals surface area contributed by atoms with E-state index in [4.69, 9.17) is 0 Å². The molecule has 3 rings (SSSR count). The van der Waals surface area contributed by atoms with Gasteiger partial charge in [0.2, 0.25) is 0 Å². The molecule has 0 aliphatic heterocycles. The second-order valence-electron chi connectivity index (χ2n) is 7.07. The maximum atomic E-state index is 14.0. The average molecular weight is 379 g/mol. The second-order valence-corrected chi connectivity index (χ2v) is 7.07. The quantitative estimate of drug-likeness (QED) is 0.595. The van der Waals surface area contributed by atoms with E-state index in [1.54, 1.807) is 0 Å². The molecule has 144 valence electrons. The third kappa shape index (κ3) is 4.28. The van der Waals surface area contributed by atoms with Crippen molar-refractivity contribution in [3.8, 4) is 11.1 Å². The zero-order chi connectivity index (χ0) is 20.3. The number of alkyl halides is 1. The number of rotatable bonds is 5. The van der Waals surface area contributed by atoms with E-state index in [0.717, 1.165) is 28.3 Å². The van der Waals surface area contributed by atoms with E-state index in [2.05, 4.69) is 43.4 Å². The van der Waals surface area contributed by atoms with Crippen LogP contribution in [0.2, 0.25) is 0 Å². The predicted molar refractivity (Wildman–Crippen MR) is 108 cm³/mol. The number of amides is 1. The van der Waals surface area contributed by atoms with Crippen LogP contribution in [0, 0.1) is 26.6 Å². The summed E-state index contributed by atoms with van der Waals surface area (Å²) >= 11 is 0. The lowest BCUT2D eigenvalue weighted by atomic mass is 9.97. The van der Waals surface area contributed by atoms with Gasteiger partial charge in [-0.05, 0) is 77.9 Å². The highest BCUT2D eigenvalue weighted by Gasteiger charge is 2.13. The minimum atomic E-state index is -0.761. The predicted octanol–water partition coefficient (Wildman–Crippen LogP) is 5.82. The maximum absolute atomic E-state index is 14.0.